The number of Topliss-reactive ketones (excluding diaryl/α,β-unsaturated/α-hetero) is 1. The number of aliphatic imine (C=N–C) groups is 1. The van der Waals surface area contributed by atoms with Crippen molar-refractivity contribution >= 4 is 94.6 Å². The summed E-state index contributed by atoms with van der Waals surface area (Å²) >= 11 is 4.08. The maximum Gasteiger partial charge on any atom is 0.429 e. The van der Waals surface area contributed by atoms with Crippen molar-refractivity contribution in [2.45, 2.75) is 41.9 Å². The lowest BCUT2D eigenvalue weighted by atomic mass is 9.97. The summed E-state index contributed by atoms with van der Waals surface area (Å²) in [5.41, 5.74) is 11.5. The van der Waals surface area contributed by atoms with E-state index in [9.17, 15) is 43.7 Å². The minimum Gasteiger partial charge on any atom is -0.480 e. The Morgan fingerprint density at radius 3 is 2.56 bits per heavy atom. The zero-order valence-corrected chi connectivity index (χ0v) is 33.2. The van der Waals surface area contributed by atoms with Crippen LogP contribution in [0, 0.1) is 5.92 Å². The highest BCUT2D eigenvalue weighted by Gasteiger charge is 2.39. The highest BCUT2D eigenvalue weighted by Crippen LogP contribution is 2.40. The van der Waals surface area contributed by atoms with Crippen LogP contribution in [0.1, 0.15) is 32.0 Å². The second-order valence-electron chi connectivity index (χ2n) is 11.4. The first-order valence-electron chi connectivity index (χ1n) is 16.0. The lowest BCUT2D eigenvalue weighted by Gasteiger charge is -2.32. The van der Waals surface area contributed by atoms with E-state index in [4.69, 9.17) is 16.3 Å². The Hall–Kier alpha value is -4.65. The first-order chi connectivity index (χ1) is 26.0. The van der Waals surface area contributed by atoms with Crippen LogP contribution in [0.3, 0.4) is 0 Å². The molecule has 0 aromatic carbocycles. The number of guanidine groups is 1. The Kier molecular flexibility index (Phi) is 15.5. The van der Waals surface area contributed by atoms with Crippen LogP contribution in [-0.2, 0) is 35.6 Å². The van der Waals surface area contributed by atoms with Crippen molar-refractivity contribution in [3.63, 3.8) is 0 Å². The van der Waals surface area contributed by atoms with E-state index in [-0.39, 0.29) is 54.4 Å². The van der Waals surface area contributed by atoms with Crippen LogP contribution in [0.2, 0.25) is 0 Å². The molecule has 3 aromatic heterocycles. The van der Waals surface area contributed by atoms with Gasteiger partial charge < -0.3 is 46.9 Å². The normalized spacial score (nSPS) is 15.7. The molecule has 0 radical (unpaired) electrons. The molecule has 21 nitrogen and oxygen atoms in total. The number of pyridine rings is 1. The summed E-state index contributed by atoms with van der Waals surface area (Å²) in [6.07, 6.45) is 3.16. The lowest BCUT2D eigenvalue weighted by Crippen LogP contribution is -2.51. The number of ketones is 1. The molecule has 0 spiro atoms. The summed E-state index contributed by atoms with van der Waals surface area (Å²) in [5.74, 6) is -6.40. The van der Waals surface area contributed by atoms with Crippen LogP contribution in [-0.4, -0.2) is 100.0 Å². The van der Waals surface area contributed by atoms with Gasteiger partial charge in [-0.2, -0.15) is 9.36 Å². The van der Waals surface area contributed by atoms with Gasteiger partial charge in [0.25, 0.3) is 0 Å². The lowest BCUT2D eigenvalue weighted by molar-refractivity contribution is -0.671. The maximum absolute atomic E-state index is 14.0. The minimum absolute atomic E-state index is 0.00349. The van der Waals surface area contributed by atoms with Crippen LogP contribution in [0.25, 0.3) is 11.3 Å². The number of hydrogen-bond donors (Lipinski definition) is 9. The molecule has 0 saturated heterocycles. The molecule has 0 bridgehead atoms. The van der Waals surface area contributed by atoms with Gasteiger partial charge in [0, 0.05) is 58.2 Å². The largest absolute Gasteiger partial charge is 0.480 e. The van der Waals surface area contributed by atoms with Gasteiger partial charge in [-0.25, -0.2) is 23.7 Å². The van der Waals surface area contributed by atoms with E-state index >= 15 is 0 Å². The first kappa shape index (κ1) is 43.1. The monoisotopic (exact) mass is 858 g/mol. The van der Waals surface area contributed by atoms with E-state index in [1.54, 1.807) is 6.92 Å². The molecular weight excluding hydrogens is 822 g/mol. The molecule has 3 aromatic rings. The molecule has 11 N–H and O–H groups in total. The van der Waals surface area contributed by atoms with Crippen molar-refractivity contribution in [3.8, 4) is 11.3 Å². The molecule has 0 saturated carbocycles. The van der Waals surface area contributed by atoms with Crippen molar-refractivity contribution in [2.24, 2.45) is 34.6 Å². The van der Waals surface area contributed by atoms with E-state index < -0.39 is 60.8 Å². The van der Waals surface area contributed by atoms with Crippen LogP contribution in [0.4, 0.5) is 5.13 Å². The fourth-order valence-electron chi connectivity index (χ4n) is 4.70. The number of carboxylic acids is 2. The standard InChI is InChI=1S/C29H36N11O10PS4/c1-3-50-37-20(22-36-28(55-39-22)38-51(47,48)49)18(41)11-15(23(42)33-16(25(43)44)5-4-8-32-27(30)31)24-35-21(26(45)46)19(13-52-24)54-29-34-17(12-53-29)14-6-9-40(2)10-7-14/h6-7,9-10,12,15-16,24,35H,3-5,8,11,13H2,1-2H3,(H9-,30,31,32,33,36,38,39,42,43,44,45,46,47,48,49)/p+1/b37-20-/t15-,16?,24-/m1/s1. The zero-order valence-electron chi connectivity index (χ0n) is 29.0. The summed E-state index contributed by atoms with van der Waals surface area (Å²) in [7, 11) is -2.90. The van der Waals surface area contributed by atoms with Crippen LogP contribution in [0.5, 0.6) is 0 Å². The number of rotatable bonds is 20. The fraction of sp³-hybridized carbons (Fsp3) is 0.379. The Morgan fingerprint density at radius 2 is 1.93 bits per heavy atom. The third kappa shape index (κ3) is 13.0. The third-order valence-electron chi connectivity index (χ3n) is 7.24. The predicted molar refractivity (Wildman–Crippen MR) is 205 cm³/mol. The summed E-state index contributed by atoms with van der Waals surface area (Å²) in [5, 5.41) is 31.5. The van der Waals surface area contributed by atoms with Crippen molar-refractivity contribution < 1.29 is 53.1 Å². The zero-order chi connectivity index (χ0) is 40.3. The number of anilines is 1. The number of aliphatic carboxylic acids is 2. The Morgan fingerprint density at radius 1 is 1.20 bits per heavy atom. The molecule has 0 fully saturated rings. The van der Waals surface area contributed by atoms with Gasteiger partial charge in [-0.05, 0) is 19.8 Å². The van der Waals surface area contributed by atoms with Gasteiger partial charge in [-0.15, -0.1) is 23.1 Å². The number of carbonyl (C=O) groups is 4. The smallest absolute Gasteiger partial charge is 0.429 e. The van der Waals surface area contributed by atoms with E-state index in [0.717, 1.165) is 29.1 Å². The Labute approximate surface area is 329 Å². The average Bonchev–Trinajstić information content (AvgIpc) is 3.77. The number of nitrogens with one attached hydrogen (secondary N) is 3. The fourth-order valence-corrected chi connectivity index (χ4v) is 9.31. The van der Waals surface area contributed by atoms with Gasteiger partial charge in [0.15, 0.2) is 34.2 Å². The van der Waals surface area contributed by atoms with E-state index in [2.05, 4.69) is 35.1 Å². The number of thiazole rings is 1. The number of hydrogen-bond acceptors (Lipinski definition) is 16. The molecule has 1 aliphatic rings. The maximum atomic E-state index is 14.0. The molecule has 1 aliphatic heterocycles. The second kappa shape index (κ2) is 19.8. The highest BCUT2D eigenvalue weighted by atomic mass is 32.2. The van der Waals surface area contributed by atoms with Gasteiger partial charge in [0.1, 0.15) is 25.4 Å². The van der Waals surface area contributed by atoms with Crippen molar-refractivity contribution in [3.05, 3.63) is 46.3 Å². The van der Waals surface area contributed by atoms with Gasteiger partial charge in [-0.1, -0.05) is 16.9 Å². The molecule has 4 rings (SSSR count). The van der Waals surface area contributed by atoms with Gasteiger partial charge >= 0.3 is 19.7 Å². The highest BCUT2D eigenvalue weighted by molar-refractivity contribution is 8.07. The molecule has 1 unspecified atom stereocenters. The average molecular weight is 859 g/mol. The van der Waals surface area contributed by atoms with Crippen LogP contribution >= 0.6 is 54.1 Å². The second-order valence-corrected chi connectivity index (χ2v) is 16.7. The number of aromatic nitrogens is 4. The topological polar surface area (TPSA) is 331 Å². The summed E-state index contributed by atoms with van der Waals surface area (Å²) in [6.45, 7) is 1.65. The Bertz CT molecular complexity index is 2010. The number of nitrogens with zero attached hydrogens (tertiary/aromatic N) is 6. The van der Waals surface area contributed by atoms with Gasteiger partial charge in [-0.3, -0.25) is 19.7 Å². The van der Waals surface area contributed by atoms with Crippen molar-refractivity contribution in [1.82, 2.24) is 25.0 Å². The molecule has 3 atom stereocenters. The number of nitrogens with two attached hydrogens (primary N) is 2. The third-order valence-corrected chi connectivity index (χ3v) is 12.0. The number of carboxylic acid groups (broad SMARTS) is 2. The molecule has 0 aliphatic carbocycles. The molecule has 296 valence electrons. The molecule has 1 amide bonds. The van der Waals surface area contributed by atoms with Crippen LogP contribution < -0.4 is 31.8 Å². The van der Waals surface area contributed by atoms with E-state index in [1.807, 2.05) is 46.6 Å². The summed E-state index contributed by atoms with van der Waals surface area (Å²) in [6, 6.07) is 2.36. The molecule has 55 heavy (non-hydrogen) atoms. The molecule has 26 heteroatoms. The van der Waals surface area contributed by atoms with E-state index in [1.165, 1.54) is 11.3 Å². The SMILES string of the molecule is CCO/N=C(/C(=O)C[C@H](C(=O)NC(CCCN=C(N)N)C(=O)O)[C@@H]1NC(C(=O)O)=C(Sc2nc(-c3cc[n+](C)cc3)cs2)CS1)c1nsc(NP(=O)(O)O)n1. The van der Waals surface area contributed by atoms with Crippen LogP contribution in [0.15, 0.2) is 55.0 Å². The number of oxime groups is 1. The Balaban J connectivity index is 1.64. The van der Waals surface area contributed by atoms with Gasteiger partial charge in [0.05, 0.1) is 17.0 Å². The first-order valence-corrected chi connectivity index (χ1v) is 21.1. The minimum atomic E-state index is -4.78. The van der Waals surface area contributed by atoms with Crippen molar-refractivity contribution in [1.29, 1.82) is 0 Å². The summed E-state index contributed by atoms with van der Waals surface area (Å²) in [4.78, 5) is 89.0. The molecule has 4 heterocycles. The van der Waals surface area contributed by atoms with Crippen molar-refractivity contribution in [2.75, 3.05) is 24.0 Å². The number of carbonyl (C=O) groups excluding carboxylic acids is 2. The van der Waals surface area contributed by atoms with E-state index in [0.29, 0.717) is 26.5 Å². The number of thioether (sulfide) groups is 2. The quantitative estimate of drug-likeness (QED) is 0.0188. The predicted octanol–water partition coefficient (Wildman–Crippen LogP) is 0.681. The number of amides is 1. The number of aryl methyl sites for hydroxylation is 1. The summed E-state index contributed by atoms with van der Waals surface area (Å²) < 4.78 is 17.8. The molecular formula is C29H37N11O10PS4+. The van der Waals surface area contributed by atoms with Gasteiger partial charge in [0.2, 0.25) is 16.9 Å².